The monoisotopic (exact) mass is 460 g/mol. The van der Waals surface area contributed by atoms with E-state index in [2.05, 4.69) is 13.2 Å². The number of Topliss-reactive ketones (excluding diaryl/α,β-unsaturated/α-hetero) is 2. The molecule has 0 bridgehead atoms. The Morgan fingerprint density at radius 1 is 0.903 bits per heavy atom. The van der Waals surface area contributed by atoms with Crippen molar-refractivity contribution in [3.8, 4) is 0 Å². The number of hydrogen-bond acceptors (Lipinski definition) is 8. The highest BCUT2D eigenvalue weighted by Crippen LogP contribution is 2.16. The lowest BCUT2D eigenvalue weighted by molar-refractivity contribution is -0.139. The van der Waals surface area contributed by atoms with Crippen molar-refractivity contribution in [2.75, 3.05) is 13.4 Å². The molecule has 0 aromatic rings. The topological polar surface area (TPSA) is 170 Å². The molecule has 3 atom stereocenters. The minimum absolute atomic E-state index is 0.0256. The van der Waals surface area contributed by atoms with Crippen LogP contribution in [0.5, 0.6) is 0 Å². The summed E-state index contributed by atoms with van der Waals surface area (Å²) >= 11 is 1.53. The van der Waals surface area contributed by atoms with Gasteiger partial charge in [-0.15, -0.1) is 11.8 Å². The molecule has 0 saturated heterocycles. The SMILES string of the molecule is C=C(CCC(=O)CCC(N)C(=O)O)SC.C=C(OC)C(C)CC(=O)CCC(N)C(=O)O. The summed E-state index contributed by atoms with van der Waals surface area (Å²) in [6.07, 6.45) is 4.07. The summed E-state index contributed by atoms with van der Waals surface area (Å²) in [5, 5.41) is 17.0. The molecule has 0 saturated carbocycles. The number of carbonyl (C=O) groups excluding carboxylic acids is 2. The molecule has 178 valence electrons. The van der Waals surface area contributed by atoms with Crippen LogP contribution < -0.4 is 11.5 Å². The lowest BCUT2D eigenvalue weighted by Crippen LogP contribution is -2.30. The van der Waals surface area contributed by atoms with E-state index in [4.69, 9.17) is 26.4 Å². The number of ether oxygens (including phenoxy) is 1. The summed E-state index contributed by atoms with van der Waals surface area (Å²) in [5.41, 5.74) is 10.6. The molecule has 0 rings (SSSR count). The van der Waals surface area contributed by atoms with Crippen LogP contribution in [0, 0.1) is 5.92 Å². The quantitative estimate of drug-likeness (QED) is 0.251. The maximum atomic E-state index is 11.5. The van der Waals surface area contributed by atoms with Gasteiger partial charge in [0, 0.05) is 31.6 Å². The minimum atomic E-state index is -1.08. The normalized spacial score (nSPS) is 13.1. The predicted octanol–water partition coefficient (Wildman–Crippen LogP) is 2.34. The van der Waals surface area contributed by atoms with Crippen molar-refractivity contribution in [1.82, 2.24) is 0 Å². The van der Waals surface area contributed by atoms with Gasteiger partial charge >= 0.3 is 11.9 Å². The number of allylic oxidation sites excluding steroid dienone is 2. The number of methoxy groups -OCH3 is 1. The number of aliphatic carboxylic acids is 2. The van der Waals surface area contributed by atoms with E-state index in [0.29, 0.717) is 25.0 Å². The van der Waals surface area contributed by atoms with E-state index in [1.54, 1.807) is 0 Å². The Kier molecular flexibility index (Phi) is 17.5. The second-order valence-electron chi connectivity index (χ2n) is 7.06. The van der Waals surface area contributed by atoms with Crippen molar-refractivity contribution in [2.24, 2.45) is 17.4 Å². The molecule has 0 radical (unpaired) electrons. The maximum absolute atomic E-state index is 11.5. The molecule has 9 nitrogen and oxygen atoms in total. The first-order valence-electron chi connectivity index (χ1n) is 9.80. The highest BCUT2D eigenvalue weighted by atomic mass is 32.2. The second kappa shape index (κ2) is 17.5. The van der Waals surface area contributed by atoms with E-state index in [1.165, 1.54) is 18.9 Å². The van der Waals surface area contributed by atoms with Gasteiger partial charge in [-0.1, -0.05) is 20.1 Å². The van der Waals surface area contributed by atoms with Crippen LogP contribution in [0.1, 0.15) is 51.9 Å². The number of hydrogen-bond donors (Lipinski definition) is 4. The number of carboxylic acids is 2. The molecule has 10 heteroatoms. The third kappa shape index (κ3) is 17.2. The molecule has 0 fully saturated rings. The first-order chi connectivity index (χ1) is 14.3. The number of thioether (sulfide) groups is 1. The van der Waals surface area contributed by atoms with E-state index in [9.17, 15) is 19.2 Å². The van der Waals surface area contributed by atoms with E-state index in [0.717, 1.165) is 4.91 Å². The van der Waals surface area contributed by atoms with Crippen LogP contribution in [0.4, 0.5) is 0 Å². The van der Waals surface area contributed by atoms with Gasteiger partial charge in [-0.3, -0.25) is 19.2 Å². The van der Waals surface area contributed by atoms with Gasteiger partial charge in [0.25, 0.3) is 0 Å². The zero-order chi connectivity index (χ0) is 24.6. The van der Waals surface area contributed by atoms with Crippen molar-refractivity contribution in [3.05, 3.63) is 23.8 Å². The van der Waals surface area contributed by atoms with Crippen molar-refractivity contribution in [2.45, 2.75) is 64.0 Å². The third-order valence-electron chi connectivity index (χ3n) is 4.42. The molecular weight excluding hydrogens is 424 g/mol. The first kappa shape index (κ1) is 31.0. The van der Waals surface area contributed by atoms with Gasteiger partial charge in [0.15, 0.2) is 0 Å². The second-order valence-corrected chi connectivity index (χ2v) is 8.05. The van der Waals surface area contributed by atoms with Gasteiger partial charge in [0.1, 0.15) is 23.7 Å². The fourth-order valence-electron chi connectivity index (χ4n) is 2.14. The average Bonchev–Trinajstić information content (AvgIpc) is 2.73. The summed E-state index contributed by atoms with van der Waals surface area (Å²) in [6, 6.07) is -1.90. The average molecular weight is 461 g/mol. The van der Waals surface area contributed by atoms with Crippen LogP contribution in [0.2, 0.25) is 0 Å². The van der Waals surface area contributed by atoms with Gasteiger partial charge in [0.05, 0.1) is 12.9 Å². The fourth-order valence-corrected chi connectivity index (χ4v) is 2.45. The van der Waals surface area contributed by atoms with Crippen molar-refractivity contribution < 1.29 is 34.1 Å². The van der Waals surface area contributed by atoms with Gasteiger partial charge in [-0.25, -0.2) is 0 Å². The van der Waals surface area contributed by atoms with E-state index in [1.807, 2.05) is 13.2 Å². The Morgan fingerprint density at radius 2 is 1.35 bits per heavy atom. The molecule has 0 amide bonds. The van der Waals surface area contributed by atoms with Crippen LogP contribution in [-0.2, 0) is 23.9 Å². The molecule has 0 aromatic carbocycles. The van der Waals surface area contributed by atoms with Crippen LogP contribution in [0.3, 0.4) is 0 Å². The van der Waals surface area contributed by atoms with Crippen LogP contribution in [-0.4, -0.2) is 59.2 Å². The molecular formula is C21H36N2O7S. The Hall–Kier alpha value is -2.17. The molecule has 0 aliphatic heterocycles. The lowest BCUT2D eigenvalue weighted by Gasteiger charge is -2.12. The maximum Gasteiger partial charge on any atom is 0.320 e. The Morgan fingerprint density at radius 3 is 1.74 bits per heavy atom. The molecule has 0 heterocycles. The molecule has 0 aliphatic carbocycles. The number of carbonyl (C=O) groups is 4. The Labute approximate surface area is 188 Å². The molecule has 0 aliphatic rings. The summed E-state index contributed by atoms with van der Waals surface area (Å²) in [7, 11) is 1.50. The van der Waals surface area contributed by atoms with Crippen LogP contribution in [0.25, 0.3) is 0 Å². The van der Waals surface area contributed by atoms with Crippen molar-refractivity contribution >= 4 is 35.3 Å². The molecule has 0 aromatic heterocycles. The number of carboxylic acid groups (broad SMARTS) is 2. The standard InChI is InChI=1S/C11H19NO4.C10H17NO3S/c1-7(8(2)16-3)6-9(13)4-5-10(12)11(14)15;1-7(15-2)3-4-8(12)5-6-9(11)10(13)14/h7,10H,2,4-6,12H2,1,3H3,(H,14,15);9H,1,3-6,11H2,2H3,(H,13,14). The molecule has 0 spiro atoms. The largest absolute Gasteiger partial charge is 0.501 e. The third-order valence-corrected chi connectivity index (χ3v) is 5.20. The van der Waals surface area contributed by atoms with E-state index >= 15 is 0 Å². The Balaban J connectivity index is 0. The van der Waals surface area contributed by atoms with Crippen molar-refractivity contribution in [3.63, 3.8) is 0 Å². The first-order valence-corrected chi connectivity index (χ1v) is 11.0. The molecule has 6 N–H and O–H groups in total. The van der Waals surface area contributed by atoms with Gasteiger partial charge in [-0.2, -0.15) is 0 Å². The lowest BCUT2D eigenvalue weighted by atomic mass is 9.99. The van der Waals surface area contributed by atoms with Gasteiger partial charge in [0.2, 0.25) is 0 Å². The van der Waals surface area contributed by atoms with Crippen LogP contribution >= 0.6 is 11.8 Å². The molecule has 3 unspecified atom stereocenters. The summed E-state index contributed by atoms with van der Waals surface area (Å²) in [5.74, 6) is -1.63. The van der Waals surface area contributed by atoms with Crippen molar-refractivity contribution in [1.29, 1.82) is 0 Å². The molecule has 31 heavy (non-hydrogen) atoms. The number of rotatable bonds is 16. The fraction of sp³-hybridized carbons (Fsp3) is 0.619. The minimum Gasteiger partial charge on any atom is -0.501 e. The van der Waals surface area contributed by atoms with Crippen LogP contribution in [0.15, 0.2) is 23.8 Å². The zero-order valence-corrected chi connectivity index (χ0v) is 19.4. The zero-order valence-electron chi connectivity index (χ0n) is 18.6. The summed E-state index contributed by atoms with van der Waals surface area (Å²) in [6.45, 7) is 9.25. The summed E-state index contributed by atoms with van der Waals surface area (Å²) in [4.78, 5) is 44.5. The smallest absolute Gasteiger partial charge is 0.320 e. The Bertz CT molecular complexity index is 637. The predicted molar refractivity (Wildman–Crippen MR) is 122 cm³/mol. The van der Waals surface area contributed by atoms with Gasteiger partial charge < -0.3 is 26.4 Å². The van der Waals surface area contributed by atoms with E-state index < -0.39 is 24.0 Å². The van der Waals surface area contributed by atoms with Gasteiger partial charge in [-0.05, 0) is 30.4 Å². The number of ketones is 2. The highest BCUT2D eigenvalue weighted by Gasteiger charge is 2.16. The van der Waals surface area contributed by atoms with E-state index in [-0.39, 0.29) is 43.2 Å². The summed E-state index contributed by atoms with van der Waals surface area (Å²) < 4.78 is 4.91. The highest BCUT2D eigenvalue weighted by molar-refractivity contribution is 8.02. The number of nitrogens with two attached hydrogens (primary N) is 2.